The lowest BCUT2D eigenvalue weighted by Crippen LogP contribution is -2.24. The first kappa shape index (κ1) is 16.6. The van der Waals surface area contributed by atoms with Crippen molar-refractivity contribution in [2.75, 3.05) is 5.32 Å². The number of aryl methyl sites for hydroxylation is 3. The van der Waals surface area contributed by atoms with Crippen LogP contribution in [0.15, 0.2) is 24.4 Å². The van der Waals surface area contributed by atoms with Gasteiger partial charge in [0.1, 0.15) is 0 Å². The molecule has 0 aliphatic carbocycles. The van der Waals surface area contributed by atoms with Crippen LogP contribution in [-0.4, -0.2) is 26.3 Å². The van der Waals surface area contributed by atoms with Crippen LogP contribution < -0.4 is 5.32 Å². The molecule has 0 fully saturated rings. The third-order valence-corrected chi connectivity index (χ3v) is 5.09. The first-order chi connectivity index (χ1) is 12.6. The fourth-order valence-corrected chi connectivity index (χ4v) is 3.81. The predicted octanol–water partition coefficient (Wildman–Crippen LogP) is 3.84. The van der Waals surface area contributed by atoms with E-state index in [1.807, 2.05) is 6.20 Å². The van der Waals surface area contributed by atoms with Gasteiger partial charge in [-0.2, -0.15) is 10.2 Å². The van der Waals surface area contributed by atoms with Gasteiger partial charge in [0.05, 0.1) is 11.9 Å². The molecule has 0 saturated heterocycles. The van der Waals surface area contributed by atoms with E-state index in [1.165, 1.54) is 11.1 Å². The Hall–Kier alpha value is -2.89. The van der Waals surface area contributed by atoms with Gasteiger partial charge in [0, 0.05) is 34.7 Å². The summed E-state index contributed by atoms with van der Waals surface area (Å²) in [7, 11) is 0. The number of H-pyrrole nitrogens is 2. The lowest BCUT2D eigenvalue weighted by atomic mass is 9.83. The molecule has 1 aromatic carbocycles. The minimum atomic E-state index is -0.0484. The number of aromatic amines is 2. The Balaban J connectivity index is 1.86. The van der Waals surface area contributed by atoms with E-state index in [1.54, 1.807) is 0 Å². The number of hydrogen-bond donors (Lipinski definition) is 3. The molecule has 0 spiro atoms. The monoisotopic (exact) mass is 349 g/mol. The van der Waals surface area contributed by atoms with Gasteiger partial charge in [0.2, 0.25) is 5.91 Å². The molecule has 134 valence electrons. The Morgan fingerprint density at radius 3 is 2.88 bits per heavy atom. The fourth-order valence-electron chi connectivity index (χ4n) is 3.81. The third-order valence-electron chi connectivity index (χ3n) is 5.09. The van der Waals surface area contributed by atoms with E-state index in [0.29, 0.717) is 12.2 Å². The fraction of sp³-hybridized carbons (Fsp3) is 0.350. The molecule has 1 atom stereocenters. The average Bonchev–Trinajstić information content (AvgIpc) is 3.24. The minimum absolute atomic E-state index is 0.00911. The summed E-state index contributed by atoms with van der Waals surface area (Å²) in [4.78, 5) is 12.3. The van der Waals surface area contributed by atoms with E-state index in [0.717, 1.165) is 40.9 Å². The Morgan fingerprint density at radius 2 is 2.08 bits per heavy atom. The molecule has 1 aliphatic rings. The number of nitrogens with one attached hydrogen (secondary N) is 3. The van der Waals surface area contributed by atoms with E-state index in [2.05, 4.69) is 64.7 Å². The number of benzene rings is 1. The Morgan fingerprint density at radius 1 is 1.23 bits per heavy atom. The third kappa shape index (κ3) is 2.71. The lowest BCUT2D eigenvalue weighted by Gasteiger charge is -2.23. The van der Waals surface area contributed by atoms with Crippen molar-refractivity contribution in [3.05, 3.63) is 52.3 Å². The quantitative estimate of drug-likeness (QED) is 0.669. The molecule has 0 bridgehead atoms. The zero-order valence-electron chi connectivity index (χ0n) is 15.3. The van der Waals surface area contributed by atoms with E-state index in [-0.39, 0.29) is 11.8 Å². The largest absolute Gasteiger partial charge is 0.309 e. The van der Waals surface area contributed by atoms with Gasteiger partial charge < -0.3 is 5.32 Å². The zero-order valence-corrected chi connectivity index (χ0v) is 15.3. The summed E-state index contributed by atoms with van der Waals surface area (Å²) < 4.78 is 0. The highest BCUT2D eigenvalue weighted by Crippen LogP contribution is 2.42. The summed E-state index contributed by atoms with van der Waals surface area (Å²) >= 11 is 0. The highest BCUT2D eigenvalue weighted by molar-refractivity contribution is 5.94. The molecule has 2 aromatic heterocycles. The van der Waals surface area contributed by atoms with E-state index < -0.39 is 0 Å². The normalized spacial score (nSPS) is 16.4. The van der Waals surface area contributed by atoms with Crippen LogP contribution in [0.25, 0.3) is 11.3 Å². The number of fused-ring (bicyclic) bond motifs is 1. The van der Waals surface area contributed by atoms with E-state index in [4.69, 9.17) is 0 Å². The lowest BCUT2D eigenvalue weighted by molar-refractivity contribution is -0.116. The molecule has 3 heterocycles. The van der Waals surface area contributed by atoms with Crippen LogP contribution in [0.3, 0.4) is 0 Å². The van der Waals surface area contributed by atoms with Crippen molar-refractivity contribution in [1.82, 2.24) is 20.4 Å². The Kier molecular flexibility index (Phi) is 4.11. The number of carbonyl (C=O) groups excluding carboxylic acids is 1. The summed E-state index contributed by atoms with van der Waals surface area (Å²) in [5.74, 6) is 0.598. The van der Waals surface area contributed by atoms with Crippen LogP contribution in [0, 0.1) is 13.8 Å². The number of nitrogens with zero attached hydrogens (tertiary/aromatic N) is 2. The highest BCUT2D eigenvalue weighted by atomic mass is 16.1. The molecular weight excluding hydrogens is 326 g/mol. The van der Waals surface area contributed by atoms with Crippen LogP contribution in [0.4, 0.5) is 5.82 Å². The predicted molar refractivity (Wildman–Crippen MR) is 101 cm³/mol. The van der Waals surface area contributed by atoms with E-state index in [9.17, 15) is 4.79 Å². The summed E-state index contributed by atoms with van der Waals surface area (Å²) in [5.41, 5.74) is 7.74. The van der Waals surface area contributed by atoms with Crippen LogP contribution in [-0.2, 0) is 11.2 Å². The van der Waals surface area contributed by atoms with Crippen molar-refractivity contribution in [3.63, 3.8) is 0 Å². The number of amides is 1. The van der Waals surface area contributed by atoms with Gasteiger partial charge in [-0.3, -0.25) is 15.0 Å². The van der Waals surface area contributed by atoms with Crippen molar-refractivity contribution in [2.24, 2.45) is 0 Å². The summed E-state index contributed by atoms with van der Waals surface area (Å²) in [6.07, 6.45) is 4.18. The summed E-state index contributed by atoms with van der Waals surface area (Å²) in [6.45, 7) is 6.32. The average molecular weight is 349 g/mol. The second-order valence-electron chi connectivity index (χ2n) is 7.04. The number of hydrogen-bond acceptors (Lipinski definition) is 3. The van der Waals surface area contributed by atoms with Gasteiger partial charge in [-0.25, -0.2) is 0 Å². The standard InChI is InChI=1S/C20H23N5O/c1-4-5-16-18-14(9-17(26)22-20(18)25-23-16)15-10-21-24-19(15)13-8-11(2)6-7-12(13)3/h6-8,10,14H,4-5,9H2,1-3H3,(H,21,24)(H2,22,23,25,26)/t14-/m0/s1. The van der Waals surface area contributed by atoms with Crippen molar-refractivity contribution in [2.45, 2.75) is 46.0 Å². The molecular formula is C20H23N5O. The van der Waals surface area contributed by atoms with Crippen LogP contribution in [0.2, 0.25) is 0 Å². The number of rotatable bonds is 4. The van der Waals surface area contributed by atoms with Crippen molar-refractivity contribution in [1.29, 1.82) is 0 Å². The summed E-state index contributed by atoms with van der Waals surface area (Å²) in [6, 6.07) is 6.39. The maximum atomic E-state index is 12.3. The van der Waals surface area contributed by atoms with Crippen LogP contribution in [0.5, 0.6) is 0 Å². The second-order valence-corrected chi connectivity index (χ2v) is 7.04. The van der Waals surface area contributed by atoms with Gasteiger partial charge in [-0.15, -0.1) is 0 Å². The number of anilines is 1. The molecule has 6 nitrogen and oxygen atoms in total. The minimum Gasteiger partial charge on any atom is -0.309 e. The summed E-state index contributed by atoms with van der Waals surface area (Å²) in [5, 5.41) is 17.8. The van der Waals surface area contributed by atoms with Crippen molar-refractivity contribution < 1.29 is 4.79 Å². The van der Waals surface area contributed by atoms with Crippen LogP contribution >= 0.6 is 0 Å². The van der Waals surface area contributed by atoms with Crippen molar-refractivity contribution in [3.8, 4) is 11.3 Å². The molecule has 3 N–H and O–H groups in total. The smallest absolute Gasteiger partial charge is 0.226 e. The van der Waals surface area contributed by atoms with Gasteiger partial charge in [0.15, 0.2) is 5.82 Å². The molecule has 1 aliphatic heterocycles. The first-order valence-electron chi connectivity index (χ1n) is 9.06. The topological polar surface area (TPSA) is 86.5 Å². The molecule has 6 heteroatoms. The molecule has 0 saturated carbocycles. The van der Waals surface area contributed by atoms with Crippen molar-refractivity contribution >= 4 is 11.7 Å². The SMILES string of the molecule is CCCc1[nH]nc2c1[C@H](c1cn[nH]c1-c1cc(C)ccc1C)CC(=O)N2. The van der Waals surface area contributed by atoms with Gasteiger partial charge in [-0.1, -0.05) is 31.0 Å². The maximum absolute atomic E-state index is 12.3. The molecule has 4 rings (SSSR count). The number of carbonyl (C=O) groups is 1. The molecule has 3 aromatic rings. The molecule has 1 amide bonds. The van der Waals surface area contributed by atoms with E-state index >= 15 is 0 Å². The first-order valence-corrected chi connectivity index (χ1v) is 9.06. The zero-order chi connectivity index (χ0) is 18.3. The molecule has 0 radical (unpaired) electrons. The maximum Gasteiger partial charge on any atom is 0.226 e. The molecule has 26 heavy (non-hydrogen) atoms. The Labute approximate surface area is 152 Å². The number of aromatic nitrogens is 4. The van der Waals surface area contributed by atoms with Gasteiger partial charge in [-0.05, 0) is 31.9 Å². The van der Waals surface area contributed by atoms with Crippen LogP contribution in [0.1, 0.15) is 53.6 Å². The molecule has 0 unspecified atom stereocenters. The van der Waals surface area contributed by atoms with Gasteiger partial charge in [0.25, 0.3) is 0 Å². The highest BCUT2D eigenvalue weighted by Gasteiger charge is 2.33. The Bertz CT molecular complexity index is 968. The van der Waals surface area contributed by atoms with Gasteiger partial charge >= 0.3 is 0 Å². The second kappa shape index (κ2) is 6.44.